The van der Waals surface area contributed by atoms with E-state index >= 15 is 0 Å². The fraction of sp³-hybridized carbons (Fsp3) is 0.321. The van der Waals surface area contributed by atoms with Gasteiger partial charge in [0, 0.05) is 46.2 Å². The van der Waals surface area contributed by atoms with E-state index in [0.29, 0.717) is 29.2 Å². The summed E-state index contributed by atoms with van der Waals surface area (Å²) in [5, 5.41) is 14.6. The van der Waals surface area contributed by atoms with Crippen LogP contribution in [0.15, 0.2) is 60.8 Å². The highest BCUT2D eigenvalue weighted by Gasteiger charge is 2.31. The summed E-state index contributed by atoms with van der Waals surface area (Å²) < 4.78 is 44.6. The molecular weight excluding hydrogens is 535 g/mol. The Hall–Kier alpha value is -3.79. The third kappa shape index (κ3) is 8.61. The highest BCUT2D eigenvalue weighted by Crippen LogP contribution is 2.35. The second-order valence-corrected chi connectivity index (χ2v) is 9.41. The van der Waals surface area contributed by atoms with Gasteiger partial charge in [-0.15, -0.1) is 0 Å². The van der Waals surface area contributed by atoms with Crippen LogP contribution in [0.2, 0.25) is 5.02 Å². The number of alkyl halides is 3. The SMILES string of the molecule is CC[C@H](C)[C@@H](COc1ccc(-c2ccc(C(F)(F)F)cc2Cl)cn1)Nc1ccc(C(=O)NCCC(=O)O)cc1. The van der Waals surface area contributed by atoms with E-state index in [1.165, 1.54) is 12.3 Å². The summed E-state index contributed by atoms with van der Waals surface area (Å²) in [7, 11) is 0. The molecule has 2 aromatic carbocycles. The van der Waals surface area contributed by atoms with Gasteiger partial charge in [0.2, 0.25) is 5.88 Å². The third-order valence-electron chi connectivity index (χ3n) is 6.21. The summed E-state index contributed by atoms with van der Waals surface area (Å²) in [5.41, 5.74) is 1.37. The van der Waals surface area contributed by atoms with Gasteiger partial charge >= 0.3 is 12.1 Å². The Labute approximate surface area is 229 Å². The van der Waals surface area contributed by atoms with E-state index < -0.39 is 17.7 Å². The maximum absolute atomic E-state index is 12.9. The fourth-order valence-corrected chi connectivity index (χ4v) is 3.96. The average Bonchev–Trinajstić information content (AvgIpc) is 2.90. The Kier molecular flexibility index (Phi) is 10.2. The number of carbonyl (C=O) groups excluding carboxylic acids is 1. The third-order valence-corrected chi connectivity index (χ3v) is 6.52. The number of carboxylic acid groups (broad SMARTS) is 1. The zero-order valence-electron chi connectivity index (χ0n) is 21.4. The van der Waals surface area contributed by atoms with Crippen molar-refractivity contribution in [2.75, 3.05) is 18.5 Å². The molecule has 3 aromatic rings. The van der Waals surface area contributed by atoms with Crippen LogP contribution in [-0.4, -0.2) is 41.2 Å². The van der Waals surface area contributed by atoms with Gasteiger partial charge < -0.3 is 20.5 Å². The Balaban J connectivity index is 1.61. The zero-order chi connectivity index (χ0) is 28.6. The molecule has 1 amide bonds. The van der Waals surface area contributed by atoms with Crippen LogP contribution in [0.5, 0.6) is 5.88 Å². The Bertz CT molecular complexity index is 1270. The van der Waals surface area contributed by atoms with Crippen LogP contribution in [0, 0.1) is 5.92 Å². The number of halogens is 4. The molecule has 0 spiro atoms. The van der Waals surface area contributed by atoms with E-state index in [-0.39, 0.29) is 35.9 Å². The summed E-state index contributed by atoms with van der Waals surface area (Å²) in [6.45, 7) is 4.48. The van der Waals surface area contributed by atoms with Gasteiger partial charge in [-0.05, 0) is 48.4 Å². The molecule has 1 aromatic heterocycles. The first kappa shape index (κ1) is 29.8. The molecule has 208 valence electrons. The number of hydrogen-bond donors (Lipinski definition) is 3. The largest absolute Gasteiger partial charge is 0.481 e. The van der Waals surface area contributed by atoms with Gasteiger partial charge in [0.05, 0.1) is 18.0 Å². The van der Waals surface area contributed by atoms with Crippen molar-refractivity contribution in [3.8, 4) is 17.0 Å². The number of ether oxygens (including phenoxy) is 1. The second kappa shape index (κ2) is 13.3. The molecule has 0 radical (unpaired) electrons. The molecule has 0 aliphatic carbocycles. The van der Waals surface area contributed by atoms with Gasteiger partial charge in [0.25, 0.3) is 5.91 Å². The number of aromatic nitrogens is 1. The lowest BCUT2D eigenvalue weighted by molar-refractivity contribution is -0.138. The van der Waals surface area contributed by atoms with Crippen LogP contribution in [0.4, 0.5) is 18.9 Å². The number of nitrogens with zero attached hydrogens (tertiary/aromatic N) is 1. The molecule has 3 rings (SSSR count). The number of hydrogen-bond acceptors (Lipinski definition) is 5. The van der Waals surface area contributed by atoms with Crippen LogP contribution in [0.1, 0.15) is 42.6 Å². The molecular formula is C28H29ClF3N3O4. The number of nitrogens with one attached hydrogen (secondary N) is 2. The van der Waals surface area contributed by atoms with Gasteiger partial charge in [0.15, 0.2) is 0 Å². The monoisotopic (exact) mass is 563 g/mol. The van der Waals surface area contributed by atoms with Crippen molar-refractivity contribution < 1.29 is 32.6 Å². The molecule has 3 N–H and O–H groups in total. The summed E-state index contributed by atoms with van der Waals surface area (Å²) in [5.74, 6) is -0.751. The average molecular weight is 564 g/mol. The second-order valence-electron chi connectivity index (χ2n) is 9.00. The van der Waals surface area contributed by atoms with Crippen molar-refractivity contribution in [2.24, 2.45) is 5.92 Å². The van der Waals surface area contributed by atoms with E-state index in [9.17, 15) is 22.8 Å². The zero-order valence-corrected chi connectivity index (χ0v) is 22.1. The van der Waals surface area contributed by atoms with Crippen LogP contribution in [0.25, 0.3) is 11.1 Å². The lowest BCUT2D eigenvalue weighted by Gasteiger charge is -2.25. The number of pyridine rings is 1. The van der Waals surface area contributed by atoms with Gasteiger partial charge in [-0.25, -0.2) is 4.98 Å². The Morgan fingerprint density at radius 1 is 1.10 bits per heavy atom. The number of benzene rings is 2. The predicted molar refractivity (Wildman–Crippen MR) is 143 cm³/mol. The van der Waals surface area contributed by atoms with Crippen LogP contribution in [0.3, 0.4) is 0 Å². The molecule has 0 saturated heterocycles. The van der Waals surface area contributed by atoms with E-state index in [1.807, 2.05) is 0 Å². The van der Waals surface area contributed by atoms with Gasteiger partial charge in [-0.2, -0.15) is 13.2 Å². The van der Waals surface area contributed by atoms with Crippen LogP contribution >= 0.6 is 11.6 Å². The Morgan fingerprint density at radius 2 is 1.82 bits per heavy atom. The van der Waals surface area contributed by atoms with Crippen molar-refractivity contribution in [3.63, 3.8) is 0 Å². The molecule has 0 bridgehead atoms. The van der Waals surface area contributed by atoms with E-state index in [2.05, 4.69) is 29.5 Å². The fourth-order valence-electron chi connectivity index (χ4n) is 3.68. The van der Waals surface area contributed by atoms with Crippen LogP contribution in [-0.2, 0) is 11.0 Å². The maximum atomic E-state index is 12.9. The number of carbonyl (C=O) groups is 2. The van der Waals surface area contributed by atoms with Crippen molar-refractivity contribution in [3.05, 3.63) is 76.9 Å². The number of amides is 1. The van der Waals surface area contributed by atoms with E-state index in [4.69, 9.17) is 21.4 Å². The van der Waals surface area contributed by atoms with Crippen LogP contribution < -0.4 is 15.4 Å². The molecule has 7 nitrogen and oxygen atoms in total. The molecule has 39 heavy (non-hydrogen) atoms. The minimum Gasteiger partial charge on any atom is -0.481 e. The number of carboxylic acids is 1. The predicted octanol–water partition coefficient (Wildman–Crippen LogP) is 6.53. The standard InChI is InChI=1S/C28H29ClF3N3O4/c1-3-17(2)24(35-21-8-4-18(5-9-21)27(38)33-13-12-26(36)37)16-39-25-11-6-19(15-34-25)22-10-7-20(14-23(22)29)28(30,31)32/h4-11,14-15,17,24,35H,3,12-13,16H2,1-2H3,(H,33,38)(H,36,37)/t17-,24+/m0/s1. The summed E-state index contributed by atoms with van der Waals surface area (Å²) in [6.07, 6.45) is -2.25. The highest BCUT2D eigenvalue weighted by molar-refractivity contribution is 6.33. The first-order valence-corrected chi connectivity index (χ1v) is 12.7. The topological polar surface area (TPSA) is 101 Å². The Morgan fingerprint density at radius 3 is 2.38 bits per heavy atom. The minimum absolute atomic E-state index is 0.0231. The molecule has 0 unspecified atom stereocenters. The quantitative estimate of drug-likeness (QED) is 0.232. The normalized spacial score (nSPS) is 12.9. The first-order chi connectivity index (χ1) is 18.5. The molecule has 0 aliphatic rings. The molecule has 0 aliphatic heterocycles. The van der Waals surface area contributed by atoms with Crippen molar-refractivity contribution in [2.45, 2.75) is 38.9 Å². The molecule has 1 heterocycles. The molecule has 0 saturated carbocycles. The van der Waals surface area contributed by atoms with Crippen molar-refractivity contribution in [1.29, 1.82) is 0 Å². The van der Waals surface area contributed by atoms with E-state index in [1.54, 1.807) is 36.4 Å². The molecule has 0 fully saturated rings. The number of aliphatic carboxylic acids is 1. The van der Waals surface area contributed by atoms with Crippen molar-refractivity contribution in [1.82, 2.24) is 10.3 Å². The number of anilines is 1. The smallest absolute Gasteiger partial charge is 0.416 e. The summed E-state index contributed by atoms with van der Waals surface area (Å²) in [6, 6.07) is 13.3. The maximum Gasteiger partial charge on any atom is 0.416 e. The first-order valence-electron chi connectivity index (χ1n) is 12.3. The van der Waals surface area contributed by atoms with Gasteiger partial charge in [-0.1, -0.05) is 37.9 Å². The van der Waals surface area contributed by atoms with E-state index in [0.717, 1.165) is 24.2 Å². The summed E-state index contributed by atoms with van der Waals surface area (Å²) >= 11 is 6.09. The lowest BCUT2D eigenvalue weighted by Crippen LogP contribution is -2.33. The summed E-state index contributed by atoms with van der Waals surface area (Å²) in [4.78, 5) is 27.0. The highest BCUT2D eigenvalue weighted by atomic mass is 35.5. The lowest BCUT2D eigenvalue weighted by atomic mass is 9.99. The molecule has 11 heteroatoms. The van der Waals surface area contributed by atoms with Gasteiger partial charge in [-0.3, -0.25) is 9.59 Å². The van der Waals surface area contributed by atoms with Crippen molar-refractivity contribution >= 4 is 29.2 Å². The molecule has 2 atom stereocenters. The minimum atomic E-state index is -4.47. The number of rotatable bonds is 12. The van der Waals surface area contributed by atoms with Gasteiger partial charge in [0.1, 0.15) is 6.61 Å².